The molecule has 1 aromatic carbocycles. The third kappa shape index (κ3) is 3.18. The highest BCUT2D eigenvalue weighted by atomic mass is 35.5. The van der Waals surface area contributed by atoms with Crippen LogP contribution in [0, 0.1) is 0 Å². The third-order valence-electron chi connectivity index (χ3n) is 4.56. The van der Waals surface area contributed by atoms with E-state index in [1.807, 2.05) is 0 Å². The topological polar surface area (TPSA) is 83.6 Å². The predicted molar refractivity (Wildman–Crippen MR) is 102 cm³/mol. The first-order valence-electron chi connectivity index (χ1n) is 8.53. The van der Waals surface area contributed by atoms with Crippen molar-refractivity contribution in [2.45, 2.75) is 12.6 Å². The summed E-state index contributed by atoms with van der Waals surface area (Å²) >= 11 is 5.91. The molecule has 6 nitrogen and oxygen atoms in total. The van der Waals surface area contributed by atoms with E-state index >= 15 is 0 Å². The Morgan fingerprint density at radius 3 is 2.57 bits per heavy atom. The number of Topliss-reactive ketones (excluding diaryl/α,β-unsaturated/α-hetero) is 1. The van der Waals surface area contributed by atoms with Gasteiger partial charge in [-0.15, -0.1) is 0 Å². The van der Waals surface area contributed by atoms with Crippen LogP contribution in [0.2, 0.25) is 5.02 Å². The van der Waals surface area contributed by atoms with Gasteiger partial charge in [-0.3, -0.25) is 14.6 Å². The number of rotatable bonds is 4. The summed E-state index contributed by atoms with van der Waals surface area (Å²) in [5, 5.41) is 11.4. The Morgan fingerprint density at radius 2 is 1.93 bits per heavy atom. The van der Waals surface area contributed by atoms with E-state index in [9.17, 15) is 14.7 Å². The van der Waals surface area contributed by atoms with Crippen molar-refractivity contribution in [1.29, 1.82) is 0 Å². The van der Waals surface area contributed by atoms with Crippen LogP contribution < -0.4 is 0 Å². The lowest BCUT2D eigenvalue weighted by Crippen LogP contribution is -2.29. The Hall–Kier alpha value is -3.38. The van der Waals surface area contributed by atoms with E-state index in [1.54, 1.807) is 60.9 Å². The molecule has 3 aromatic rings. The van der Waals surface area contributed by atoms with E-state index in [4.69, 9.17) is 16.0 Å². The summed E-state index contributed by atoms with van der Waals surface area (Å²) < 4.78 is 5.34. The zero-order valence-electron chi connectivity index (χ0n) is 14.6. The molecule has 1 atom stereocenters. The average molecular weight is 395 g/mol. The second-order valence-corrected chi connectivity index (χ2v) is 6.74. The van der Waals surface area contributed by atoms with Gasteiger partial charge in [0.25, 0.3) is 11.7 Å². The summed E-state index contributed by atoms with van der Waals surface area (Å²) in [4.78, 5) is 31.1. The lowest BCUT2D eigenvalue weighted by Gasteiger charge is -2.24. The molecule has 1 fully saturated rings. The van der Waals surface area contributed by atoms with Gasteiger partial charge in [-0.05, 0) is 48.0 Å². The van der Waals surface area contributed by atoms with Crippen LogP contribution in [0.4, 0.5) is 0 Å². The van der Waals surface area contributed by atoms with Gasteiger partial charge in [0.15, 0.2) is 0 Å². The number of furan rings is 1. The molecule has 0 saturated carbocycles. The third-order valence-corrected chi connectivity index (χ3v) is 4.82. The second kappa shape index (κ2) is 7.32. The highest BCUT2D eigenvalue weighted by molar-refractivity contribution is 6.46. The molecular weight excluding hydrogens is 380 g/mol. The van der Waals surface area contributed by atoms with Gasteiger partial charge in [0.2, 0.25) is 0 Å². The molecule has 7 heteroatoms. The fourth-order valence-corrected chi connectivity index (χ4v) is 3.39. The van der Waals surface area contributed by atoms with E-state index in [1.165, 1.54) is 11.2 Å². The molecule has 3 heterocycles. The molecule has 1 aliphatic rings. The van der Waals surface area contributed by atoms with E-state index in [0.717, 1.165) is 0 Å². The zero-order chi connectivity index (χ0) is 19.7. The lowest BCUT2D eigenvalue weighted by molar-refractivity contribution is -0.140. The first-order valence-corrected chi connectivity index (χ1v) is 8.90. The SMILES string of the molecule is O=C1C(=O)N(Cc2ccco2)[C@@H](c2cccnc2)/C1=C(\O)c1ccc(Cl)cc1. The van der Waals surface area contributed by atoms with Gasteiger partial charge in [-0.25, -0.2) is 0 Å². The molecule has 0 radical (unpaired) electrons. The Kier molecular flexibility index (Phi) is 4.71. The Morgan fingerprint density at radius 1 is 1.14 bits per heavy atom. The minimum atomic E-state index is -0.783. The largest absolute Gasteiger partial charge is 0.507 e. The number of benzene rings is 1. The quantitative estimate of drug-likeness (QED) is 0.411. The van der Waals surface area contributed by atoms with Crippen molar-refractivity contribution < 1.29 is 19.1 Å². The molecule has 4 rings (SSSR count). The molecule has 140 valence electrons. The van der Waals surface area contributed by atoms with Crippen LogP contribution in [0.3, 0.4) is 0 Å². The molecule has 1 amide bonds. The molecule has 0 aliphatic carbocycles. The molecule has 28 heavy (non-hydrogen) atoms. The maximum Gasteiger partial charge on any atom is 0.296 e. The number of nitrogens with zero attached hydrogens (tertiary/aromatic N) is 2. The number of carbonyl (C=O) groups is 2. The number of aromatic nitrogens is 1. The molecule has 0 unspecified atom stereocenters. The van der Waals surface area contributed by atoms with E-state index in [2.05, 4.69) is 4.98 Å². The summed E-state index contributed by atoms with van der Waals surface area (Å²) in [5.41, 5.74) is 1.02. The van der Waals surface area contributed by atoms with Gasteiger partial charge < -0.3 is 14.4 Å². The zero-order valence-corrected chi connectivity index (χ0v) is 15.3. The van der Waals surface area contributed by atoms with E-state index in [0.29, 0.717) is 21.9 Å². The van der Waals surface area contributed by atoms with Crippen LogP contribution in [-0.2, 0) is 16.1 Å². The normalized spacial score (nSPS) is 18.6. The summed E-state index contributed by atoms with van der Waals surface area (Å²) in [6.07, 6.45) is 4.67. The van der Waals surface area contributed by atoms with Gasteiger partial charge in [0.1, 0.15) is 11.5 Å². The number of hydrogen-bond donors (Lipinski definition) is 1. The van der Waals surface area contributed by atoms with Gasteiger partial charge in [0, 0.05) is 23.0 Å². The number of ketones is 1. The van der Waals surface area contributed by atoms with Crippen molar-refractivity contribution in [2.75, 3.05) is 0 Å². The fourth-order valence-electron chi connectivity index (χ4n) is 3.26. The number of carbonyl (C=O) groups excluding carboxylic acids is 2. The highest BCUT2D eigenvalue weighted by Gasteiger charge is 2.46. The molecular formula is C21H15ClN2O4. The molecule has 2 aromatic heterocycles. The number of halogens is 1. The van der Waals surface area contributed by atoms with Crippen molar-refractivity contribution in [2.24, 2.45) is 0 Å². The lowest BCUT2D eigenvalue weighted by atomic mass is 9.96. The van der Waals surface area contributed by atoms with Crippen LogP contribution in [0.15, 0.2) is 77.2 Å². The highest BCUT2D eigenvalue weighted by Crippen LogP contribution is 2.40. The number of aliphatic hydroxyl groups excluding tert-OH is 1. The monoisotopic (exact) mass is 394 g/mol. The molecule has 1 aliphatic heterocycles. The van der Waals surface area contributed by atoms with Gasteiger partial charge in [-0.2, -0.15) is 0 Å². The van der Waals surface area contributed by atoms with Crippen molar-refractivity contribution in [1.82, 2.24) is 9.88 Å². The van der Waals surface area contributed by atoms with Crippen molar-refractivity contribution >= 4 is 29.1 Å². The smallest absolute Gasteiger partial charge is 0.296 e. The summed E-state index contributed by atoms with van der Waals surface area (Å²) in [6, 6.07) is 12.5. The second-order valence-electron chi connectivity index (χ2n) is 6.30. The van der Waals surface area contributed by atoms with Gasteiger partial charge in [0.05, 0.1) is 24.4 Å². The van der Waals surface area contributed by atoms with Crippen LogP contribution in [0.1, 0.15) is 22.9 Å². The number of hydrogen-bond acceptors (Lipinski definition) is 5. The summed E-state index contributed by atoms with van der Waals surface area (Å²) in [7, 11) is 0. The number of likely N-dealkylation sites (tertiary alicyclic amines) is 1. The minimum Gasteiger partial charge on any atom is -0.507 e. The van der Waals surface area contributed by atoms with Crippen molar-refractivity contribution in [3.8, 4) is 0 Å². The summed E-state index contributed by atoms with van der Waals surface area (Å²) in [5.74, 6) is -1.19. The van der Waals surface area contributed by atoms with Crippen LogP contribution >= 0.6 is 11.6 Å². The average Bonchev–Trinajstić information content (AvgIpc) is 3.31. The van der Waals surface area contributed by atoms with Crippen LogP contribution in [0.5, 0.6) is 0 Å². The Bertz CT molecular complexity index is 1040. The fraction of sp³-hybridized carbons (Fsp3) is 0.0952. The molecule has 0 bridgehead atoms. The Labute approximate surface area is 165 Å². The predicted octanol–water partition coefficient (Wildman–Crippen LogP) is 3.95. The van der Waals surface area contributed by atoms with E-state index < -0.39 is 17.7 Å². The summed E-state index contributed by atoms with van der Waals surface area (Å²) in [6.45, 7) is 0.0918. The number of aliphatic hydroxyl groups is 1. The van der Waals surface area contributed by atoms with Crippen molar-refractivity contribution in [3.05, 3.63) is 94.7 Å². The molecule has 0 spiro atoms. The van der Waals surface area contributed by atoms with E-state index in [-0.39, 0.29) is 17.9 Å². The maximum atomic E-state index is 12.8. The standard InChI is InChI=1S/C21H15ClN2O4/c22-15-7-5-13(6-8-15)19(25)17-18(14-3-1-9-23-11-14)24(21(27)20(17)26)12-16-4-2-10-28-16/h1-11,18,25H,12H2/b19-17+/t18-/m0/s1. The number of pyridine rings is 1. The maximum absolute atomic E-state index is 12.8. The minimum absolute atomic E-state index is 0.00637. The van der Waals surface area contributed by atoms with Crippen molar-refractivity contribution in [3.63, 3.8) is 0 Å². The molecule has 1 N–H and O–H groups in total. The number of amides is 1. The van der Waals surface area contributed by atoms with Crippen LogP contribution in [-0.4, -0.2) is 26.7 Å². The first kappa shape index (κ1) is 18.0. The molecule has 1 saturated heterocycles. The van der Waals surface area contributed by atoms with Crippen LogP contribution in [0.25, 0.3) is 5.76 Å². The van der Waals surface area contributed by atoms with Gasteiger partial charge in [-0.1, -0.05) is 17.7 Å². The van der Waals surface area contributed by atoms with Gasteiger partial charge >= 0.3 is 0 Å². The Balaban J connectivity index is 1.85. The first-order chi connectivity index (χ1) is 13.6.